The molecule has 20 heavy (non-hydrogen) atoms. The number of amides is 1. The summed E-state index contributed by atoms with van der Waals surface area (Å²) in [7, 11) is 1.48. The highest BCUT2D eigenvalue weighted by Crippen LogP contribution is 2.27. The van der Waals surface area contributed by atoms with Gasteiger partial charge in [-0.2, -0.15) is 0 Å². The number of hydrogen-bond acceptors (Lipinski definition) is 4. The predicted molar refractivity (Wildman–Crippen MR) is 77.2 cm³/mol. The largest absolute Gasteiger partial charge is 0.504 e. The SMILES string of the molecule is COc1ccc(C(=O)NCC2(C)CCCNC2)cc1O. The van der Waals surface area contributed by atoms with E-state index in [2.05, 4.69) is 17.6 Å². The second kappa shape index (κ2) is 6.13. The lowest BCUT2D eigenvalue weighted by Crippen LogP contribution is -2.45. The molecule has 1 unspecified atom stereocenters. The Labute approximate surface area is 119 Å². The van der Waals surface area contributed by atoms with Crippen molar-refractivity contribution in [2.45, 2.75) is 19.8 Å². The molecule has 1 amide bonds. The number of hydrogen-bond donors (Lipinski definition) is 3. The molecule has 2 rings (SSSR count). The Balaban J connectivity index is 1.96. The Morgan fingerprint density at radius 3 is 2.95 bits per heavy atom. The van der Waals surface area contributed by atoms with Gasteiger partial charge in [0.2, 0.25) is 0 Å². The van der Waals surface area contributed by atoms with Crippen LogP contribution in [0.25, 0.3) is 0 Å². The summed E-state index contributed by atoms with van der Waals surface area (Å²) < 4.78 is 4.96. The molecule has 1 heterocycles. The van der Waals surface area contributed by atoms with E-state index in [1.165, 1.54) is 13.2 Å². The first-order chi connectivity index (χ1) is 9.54. The number of nitrogens with one attached hydrogen (secondary N) is 2. The third-order valence-corrected chi connectivity index (χ3v) is 3.80. The molecule has 0 bridgehead atoms. The van der Waals surface area contributed by atoms with Gasteiger partial charge in [0.05, 0.1) is 7.11 Å². The number of methoxy groups -OCH3 is 1. The lowest BCUT2D eigenvalue weighted by molar-refractivity contribution is 0.0924. The van der Waals surface area contributed by atoms with Gasteiger partial charge in [-0.05, 0) is 43.0 Å². The van der Waals surface area contributed by atoms with E-state index in [9.17, 15) is 9.90 Å². The first-order valence-electron chi connectivity index (χ1n) is 6.90. The number of ether oxygens (including phenoxy) is 1. The van der Waals surface area contributed by atoms with Crippen LogP contribution >= 0.6 is 0 Å². The van der Waals surface area contributed by atoms with Crippen LogP contribution in [-0.2, 0) is 0 Å². The summed E-state index contributed by atoms with van der Waals surface area (Å²) in [5, 5.41) is 16.0. The van der Waals surface area contributed by atoms with Gasteiger partial charge in [-0.1, -0.05) is 6.92 Å². The van der Waals surface area contributed by atoms with Crippen LogP contribution in [0.3, 0.4) is 0 Å². The highest BCUT2D eigenvalue weighted by atomic mass is 16.5. The van der Waals surface area contributed by atoms with Gasteiger partial charge in [0, 0.05) is 18.7 Å². The lowest BCUT2D eigenvalue weighted by Gasteiger charge is -2.34. The quantitative estimate of drug-likeness (QED) is 0.781. The molecule has 1 aliphatic rings. The summed E-state index contributed by atoms with van der Waals surface area (Å²) >= 11 is 0. The molecule has 0 radical (unpaired) electrons. The lowest BCUT2D eigenvalue weighted by atomic mass is 9.83. The monoisotopic (exact) mass is 278 g/mol. The Bertz CT molecular complexity index is 482. The van der Waals surface area contributed by atoms with Gasteiger partial charge < -0.3 is 20.5 Å². The molecule has 110 valence electrons. The first kappa shape index (κ1) is 14.7. The molecule has 0 aliphatic carbocycles. The molecule has 5 heteroatoms. The molecule has 1 fully saturated rings. The van der Waals surface area contributed by atoms with Crippen LogP contribution in [0.15, 0.2) is 18.2 Å². The average molecular weight is 278 g/mol. The molecule has 1 aromatic rings. The molecule has 0 saturated carbocycles. The minimum atomic E-state index is -0.172. The Morgan fingerprint density at radius 2 is 2.35 bits per heavy atom. The molecule has 1 aliphatic heterocycles. The Hall–Kier alpha value is -1.75. The van der Waals surface area contributed by atoms with Gasteiger partial charge in [-0.25, -0.2) is 0 Å². The molecule has 0 spiro atoms. The third-order valence-electron chi connectivity index (χ3n) is 3.80. The van der Waals surface area contributed by atoms with Crippen LogP contribution in [0.2, 0.25) is 0 Å². The van der Waals surface area contributed by atoms with E-state index in [-0.39, 0.29) is 17.1 Å². The number of carbonyl (C=O) groups excluding carboxylic acids is 1. The summed E-state index contributed by atoms with van der Waals surface area (Å²) in [6, 6.07) is 4.67. The Kier molecular flexibility index (Phi) is 4.49. The summed E-state index contributed by atoms with van der Waals surface area (Å²) in [6.45, 7) is 4.77. The molecule has 1 atom stereocenters. The smallest absolute Gasteiger partial charge is 0.251 e. The highest BCUT2D eigenvalue weighted by molar-refractivity contribution is 5.94. The summed E-state index contributed by atoms with van der Waals surface area (Å²) in [5.74, 6) is 0.172. The predicted octanol–water partition coefficient (Wildman–Crippen LogP) is 1.52. The highest BCUT2D eigenvalue weighted by Gasteiger charge is 2.27. The van der Waals surface area contributed by atoms with Crippen LogP contribution in [0.5, 0.6) is 11.5 Å². The van der Waals surface area contributed by atoms with Crippen molar-refractivity contribution in [3.8, 4) is 11.5 Å². The van der Waals surface area contributed by atoms with Gasteiger partial charge in [0.25, 0.3) is 5.91 Å². The van der Waals surface area contributed by atoms with Gasteiger partial charge in [0.15, 0.2) is 11.5 Å². The zero-order chi connectivity index (χ0) is 14.6. The zero-order valence-electron chi connectivity index (χ0n) is 12.0. The number of rotatable bonds is 4. The van der Waals surface area contributed by atoms with Crippen molar-refractivity contribution in [1.82, 2.24) is 10.6 Å². The van der Waals surface area contributed by atoms with Gasteiger partial charge >= 0.3 is 0 Å². The van der Waals surface area contributed by atoms with Gasteiger partial charge in [-0.15, -0.1) is 0 Å². The van der Waals surface area contributed by atoms with E-state index in [4.69, 9.17) is 4.74 Å². The van der Waals surface area contributed by atoms with E-state index in [1.807, 2.05) is 0 Å². The van der Waals surface area contributed by atoms with E-state index in [1.54, 1.807) is 12.1 Å². The maximum atomic E-state index is 12.1. The molecule has 1 aromatic carbocycles. The maximum Gasteiger partial charge on any atom is 0.251 e. The minimum Gasteiger partial charge on any atom is -0.504 e. The van der Waals surface area contributed by atoms with Crippen molar-refractivity contribution in [3.63, 3.8) is 0 Å². The molecule has 3 N–H and O–H groups in total. The minimum absolute atomic E-state index is 0.0225. The topological polar surface area (TPSA) is 70.6 Å². The van der Waals surface area contributed by atoms with E-state index < -0.39 is 0 Å². The number of piperidine rings is 1. The standard InChI is InChI=1S/C15H22N2O3/c1-15(6-3-7-16-9-15)10-17-14(19)11-4-5-13(20-2)12(18)8-11/h4-5,8,16,18H,3,6-7,9-10H2,1-2H3,(H,17,19). The summed E-state index contributed by atoms with van der Waals surface area (Å²) in [5.41, 5.74) is 0.540. The fourth-order valence-electron chi connectivity index (χ4n) is 2.50. The summed E-state index contributed by atoms with van der Waals surface area (Å²) in [6.07, 6.45) is 2.24. The van der Waals surface area contributed by atoms with Crippen molar-refractivity contribution in [2.75, 3.05) is 26.7 Å². The fraction of sp³-hybridized carbons (Fsp3) is 0.533. The van der Waals surface area contributed by atoms with E-state index >= 15 is 0 Å². The number of phenols is 1. The van der Waals surface area contributed by atoms with Crippen molar-refractivity contribution >= 4 is 5.91 Å². The molecular formula is C15H22N2O3. The van der Waals surface area contributed by atoms with E-state index in [0.717, 1.165) is 25.9 Å². The molecule has 0 aromatic heterocycles. The number of benzene rings is 1. The van der Waals surface area contributed by atoms with E-state index in [0.29, 0.717) is 17.9 Å². The fourth-order valence-corrected chi connectivity index (χ4v) is 2.50. The third kappa shape index (κ3) is 3.42. The average Bonchev–Trinajstić information content (AvgIpc) is 2.45. The number of aromatic hydroxyl groups is 1. The second-order valence-corrected chi connectivity index (χ2v) is 5.66. The van der Waals surface area contributed by atoms with Crippen molar-refractivity contribution in [1.29, 1.82) is 0 Å². The normalized spacial score (nSPS) is 22.3. The van der Waals surface area contributed by atoms with Crippen LogP contribution < -0.4 is 15.4 Å². The number of carbonyl (C=O) groups is 1. The van der Waals surface area contributed by atoms with Crippen molar-refractivity contribution < 1.29 is 14.6 Å². The Morgan fingerprint density at radius 1 is 1.55 bits per heavy atom. The van der Waals surface area contributed by atoms with Gasteiger partial charge in [-0.3, -0.25) is 4.79 Å². The summed E-state index contributed by atoms with van der Waals surface area (Å²) in [4.78, 5) is 12.1. The molecule has 1 saturated heterocycles. The van der Waals surface area contributed by atoms with Crippen LogP contribution in [0.4, 0.5) is 0 Å². The van der Waals surface area contributed by atoms with Gasteiger partial charge in [0.1, 0.15) is 0 Å². The zero-order valence-corrected chi connectivity index (χ0v) is 12.0. The first-order valence-corrected chi connectivity index (χ1v) is 6.90. The molecule has 5 nitrogen and oxygen atoms in total. The number of phenolic OH excluding ortho intramolecular Hbond substituents is 1. The molecular weight excluding hydrogens is 256 g/mol. The van der Waals surface area contributed by atoms with Crippen LogP contribution in [0.1, 0.15) is 30.1 Å². The maximum absolute atomic E-state index is 12.1. The van der Waals surface area contributed by atoms with Crippen molar-refractivity contribution in [2.24, 2.45) is 5.41 Å². The van der Waals surface area contributed by atoms with Crippen LogP contribution in [-0.4, -0.2) is 37.8 Å². The van der Waals surface area contributed by atoms with Crippen LogP contribution in [0, 0.1) is 5.41 Å². The van der Waals surface area contributed by atoms with Crippen molar-refractivity contribution in [3.05, 3.63) is 23.8 Å². The second-order valence-electron chi connectivity index (χ2n) is 5.66.